The molecule has 2 heterocycles. The number of benzene rings is 9. The van der Waals surface area contributed by atoms with Crippen LogP contribution in [0.2, 0.25) is 0 Å². The van der Waals surface area contributed by atoms with Crippen LogP contribution in [0, 0.1) is 0 Å². The van der Waals surface area contributed by atoms with Gasteiger partial charge in [-0.25, -0.2) is 0 Å². The van der Waals surface area contributed by atoms with E-state index in [1.54, 1.807) is 0 Å². The van der Waals surface area contributed by atoms with Gasteiger partial charge < -0.3 is 13.7 Å². The van der Waals surface area contributed by atoms with Crippen LogP contribution < -0.4 is 4.90 Å². The maximum absolute atomic E-state index is 6.84. The number of furan rings is 2. The summed E-state index contributed by atoms with van der Waals surface area (Å²) >= 11 is 0. The molecule has 268 valence electrons. The van der Waals surface area contributed by atoms with Crippen molar-refractivity contribution in [2.45, 2.75) is 0 Å². The van der Waals surface area contributed by atoms with Gasteiger partial charge in [0.15, 0.2) is 5.58 Å². The fourth-order valence-corrected chi connectivity index (χ4v) is 8.39. The number of para-hydroxylation sites is 2. The quantitative estimate of drug-likeness (QED) is 0.164. The third-order valence-electron chi connectivity index (χ3n) is 11.1. The molecule has 3 nitrogen and oxygen atoms in total. The van der Waals surface area contributed by atoms with Crippen LogP contribution in [-0.2, 0) is 0 Å². The lowest BCUT2D eigenvalue weighted by Gasteiger charge is -2.26. The molecule has 0 radical (unpaired) electrons. The Morgan fingerprint density at radius 3 is 1.46 bits per heavy atom. The van der Waals surface area contributed by atoms with E-state index in [-0.39, 0.29) is 0 Å². The summed E-state index contributed by atoms with van der Waals surface area (Å²) in [6.07, 6.45) is 0. The Labute approximate surface area is 330 Å². The van der Waals surface area contributed by atoms with Gasteiger partial charge in [0.25, 0.3) is 0 Å². The molecule has 11 rings (SSSR count). The van der Waals surface area contributed by atoms with Crippen LogP contribution in [-0.4, -0.2) is 0 Å². The summed E-state index contributed by atoms with van der Waals surface area (Å²) in [7, 11) is 0. The standard InChI is InChI=1S/C54H35NO2/c1-3-13-36(14-4-1)40-17-11-18-41(35-40)37-25-29-42(30-26-37)55(43-31-27-39(28-32-43)44-21-12-24-51-52(44)46-19-7-9-22-49(46)56-51)48-34-33-45(38-15-5-2-6-16-38)53-47-20-8-10-23-50(47)57-54(48)53/h1-35H. The van der Waals surface area contributed by atoms with Crippen LogP contribution in [0.3, 0.4) is 0 Å². The number of hydrogen-bond donors (Lipinski definition) is 0. The lowest BCUT2D eigenvalue weighted by molar-refractivity contribution is 0.668. The lowest BCUT2D eigenvalue weighted by Crippen LogP contribution is -2.10. The van der Waals surface area contributed by atoms with E-state index in [1.165, 1.54) is 16.7 Å². The van der Waals surface area contributed by atoms with Crippen molar-refractivity contribution in [3.05, 3.63) is 212 Å². The minimum atomic E-state index is 0.843. The first-order valence-electron chi connectivity index (χ1n) is 19.3. The van der Waals surface area contributed by atoms with Crippen molar-refractivity contribution >= 4 is 60.9 Å². The first-order valence-corrected chi connectivity index (χ1v) is 19.3. The van der Waals surface area contributed by atoms with Crippen molar-refractivity contribution in [1.29, 1.82) is 0 Å². The van der Waals surface area contributed by atoms with Gasteiger partial charge in [0.1, 0.15) is 16.7 Å². The normalized spacial score (nSPS) is 11.5. The number of nitrogens with zero attached hydrogens (tertiary/aromatic N) is 1. The second kappa shape index (κ2) is 13.6. The molecular weight excluding hydrogens is 695 g/mol. The highest BCUT2D eigenvalue weighted by Crippen LogP contribution is 2.46. The number of fused-ring (bicyclic) bond motifs is 6. The van der Waals surface area contributed by atoms with E-state index < -0.39 is 0 Å². The van der Waals surface area contributed by atoms with Crippen molar-refractivity contribution in [1.82, 2.24) is 0 Å². The Balaban J connectivity index is 1.07. The molecule has 0 aliphatic carbocycles. The fraction of sp³-hybridized carbons (Fsp3) is 0. The molecule has 3 heteroatoms. The highest BCUT2D eigenvalue weighted by molar-refractivity contribution is 6.17. The van der Waals surface area contributed by atoms with Gasteiger partial charge in [0, 0.05) is 32.9 Å². The second-order valence-electron chi connectivity index (χ2n) is 14.5. The molecule has 0 saturated heterocycles. The molecule has 0 bridgehead atoms. The molecule has 0 aliphatic heterocycles. The highest BCUT2D eigenvalue weighted by Gasteiger charge is 2.23. The summed E-state index contributed by atoms with van der Waals surface area (Å²) in [6.45, 7) is 0. The van der Waals surface area contributed by atoms with Gasteiger partial charge >= 0.3 is 0 Å². The van der Waals surface area contributed by atoms with Gasteiger partial charge in [0.2, 0.25) is 0 Å². The first-order chi connectivity index (χ1) is 28.3. The van der Waals surface area contributed by atoms with Crippen molar-refractivity contribution in [3.8, 4) is 44.5 Å². The highest BCUT2D eigenvalue weighted by atomic mass is 16.3. The van der Waals surface area contributed by atoms with E-state index in [2.05, 4.69) is 193 Å². The topological polar surface area (TPSA) is 29.5 Å². The Morgan fingerprint density at radius 2 is 0.772 bits per heavy atom. The minimum Gasteiger partial charge on any atom is -0.456 e. The van der Waals surface area contributed by atoms with Crippen molar-refractivity contribution in [2.24, 2.45) is 0 Å². The Bertz CT molecular complexity index is 3210. The van der Waals surface area contributed by atoms with Crippen molar-refractivity contribution in [2.75, 3.05) is 4.90 Å². The molecule has 0 fully saturated rings. The average Bonchev–Trinajstić information content (AvgIpc) is 3.87. The monoisotopic (exact) mass is 729 g/mol. The van der Waals surface area contributed by atoms with Gasteiger partial charge in [-0.2, -0.15) is 0 Å². The minimum absolute atomic E-state index is 0.843. The van der Waals surface area contributed by atoms with Crippen LogP contribution in [0.25, 0.3) is 88.4 Å². The van der Waals surface area contributed by atoms with Gasteiger partial charge in [-0.15, -0.1) is 0 Å². The maximum atomic E-state index is 6.84. The summed E-state index contributed by atoms with van der Waals surface area (Å²) in [4.78, 5) is 2.32. The zero-order chi connectivity index (χ0) is 37.7. The molecule has 0 unspecified atom stereocenters. The van der Waals surface area contributed by atoms with Crippen molar-refractivity contribution in [3.63, 3.8) is 0 Å². The van der Waals surface area contributed by atoms with Crippen LogP contribution in [0.15, 0.2) is 221 Å². The summed E-state index contributed by atoms with van der Waals surface area (Å²) in [6, 6.07) is 75.0. The zero-order valence-corrected chi connectivity index (χ0v) is 31.0. The third-order valence-corrected chi connectivity index (χ3v) is 11.1. The van der Waals surface area contributed by atoms with Crippen LogP contribution in [0.1, 0.15) is 0 Å². The van der Waals surface area contributed by atoms with E-state index in [9.17, 15) is 0 Å². The molecule has 0 amide bonds. The first kappa shape index (κ1) is 32.8. The Kier molecular flexibility index (Phi) is 7.82. The van der Waals surface area contributed by atoms with E-state index in [4.69, 9.17) is 8.83 Å². The number of hydrogen-bond acceptors (Lipinski definition) is 3. The summed E-state index contributed by atoms with van der Waals surface area (Å²) in [5.74, 6) is 0. The average molecular weight is 730 g/mol. The van der Waals surface area contributed by atoms with E-state index >= 15 is 0 Å². The summed E-state index contributed by atoms with van der Waals surface area (Å²) in [5.41, 5.74) is 15.8. The molecular formula is C54H35NO2. The predicted molar refractivity (Wildman–Crippen MR) is 237 cm³/mol. The number of anilines is 3. The summed E-state index contributed by atoms with van der Waals surface area (Å²) in [5, 5.41) is 4.44. The molecule has 9 aromatic carbocycles. The van der Waals surface area contributed by atoms with E-state index in [0.29, 0.717) is 0 Å². The smallest absolute Gasteiger partial charge is 0.160 e. The SMILES string of the molecule is c1ccc(-c2cccc(-c3ccc(N(c4ccc(-c5cccc6oc7ccccc7c56)cc4)c4ccc(-c5ccccc5)c5c4oc4ccccc45)cc3)c2)cc1. The largest absolute Gasteiger partial charge is 0.456 e. The Hall–Kier alpha value is -7.62. The van der Waals surface area contributed by atoms with Gasteiger partial charge in [-0.05, 0) is 99.1 Å². The van der Waals surface area contributed by atoms with Gasteiger partial charge in [-0.3, -0.25) is 0 Å². The van der Waals surface area contributed by atoms with Gasteiger partial charge in [0.05, 0.1) is 5.69 Å². The molecule has 0 N–H and O–H groups in total. The molecule has 2 aromatic heterocycles. The molecule has 0 spiro atoms. The molecule has 0 saturated carbocycles. The lowest BCUT2D eigenvalue weighted by atomic mass is 9.97. The van der Waals surface area contributed by atoms with Crippen LogP contribution in [0.5, 0.6) is 0 Å². The van der Waals surface area contributed by atoms with Crippen LogP contribution >= 0.6 is 0 Å². The summed E-state index contributed by atoms with van der Waals surface area (Å²) < 4.78 is 13.1. The van der Waals surface area contributed by atoms with E-state index in [0.717, 1.165) is 88.8 Å². The number of rotatable bonds is 7. The Morgan fingerprint density at radius 1 is 0.298 bits per heavy atom. The fourth-order valence-electron chi connectivity index (χ4n) is 8.39. The van der Waals surface area contributed by atoms with Gasteiger partial charge in [-0.1, -0.05) is 158 Å². The van der Waals surface area contributed by atoms with E-state index in [1.807, 2.05) is 24.3 Å². The molecule has 0 aliphatic rings. The second-order valence-corrected chi connectivity index (χ2v) is 14.5. The molecule has 57 heavy (non-hydrogen) atoms. The predicted octanol–water partition coefficient (Wildman–Crippen LogP) is 15.6. The van der Waals surface area contributed by atoms with Crippen molar-refractivity contribution < 1.29 is 8.83 Å². The zero-order valence-electron chi connectivity index (χ0n) is 31.0. The molecule has 0 atom stereocenters. The third kappa shape index (κ3) is 5.68. The molecule has 11 aromatic rings. The maximum Gasteiger partial charge on any atom is 0.160 e. The van der Waals surface area contributed by atoms with Crippen LogP contribution in [0.4, 0.5) is 17.1 Å².